The maximum Gasteiger partial charge on any atom is 0.228 e. The summed E-state index contributed by atoms with van der Waals surface area (Å²) in [6.07, 6.45) is 7.09. The molecule has 1 N–H and O–H groups in total. The van der Waals surface area contributed by atoms with E-state index in [9.17, 15) is 0 Å². The third kappa shape index (κ3) is 2.97. The Balaban J connectivity index is 1.76. The number of hydrogen-bond acceptors (Lipinski definition) is 5. The van der Waals surface area contributed by atoms with E-state index in [1.807, 2.05) is 19.2 Å². The van der Waals surface area contributed by atoms with Crippen molar-refractivity contribution in [2.45, 2.75) is 44.1 Å². The van der Waals surface area contributed by atoms with Gasteiger partial charge in [0.2, 0.25) is 11.7 Å². The van der Waals surface area contributed by atoms with Gasteiger partial charge in [0, 0.05) is 12.0 Å². The van der Waals surface area contributed by atoms with Crippen LogP contribution in [0.4, 0.5) is 0 Å². The van der Waals surface area contributed by atoms with E-state index >= 15 is 0 Å². The maximum atomic E-state index is 5.45. The molecule has 4 nitrogen and oxygen atoms in total. The van der Waals surface area contributed by atoms with E-state index in [0.29, 0.717) is 5.82 Å². The second-order valence-electron chi connectivity index (χ2n) is 5.38. The van der Waals surface area contributed by atoms with E-state index < -0.39 is 0 Å². The summed E-state index contributed by atoms with van der Waals surface area (Å²) < 4.78 is 6.53. The number of rotatable bonds is 4. The van der Waals surface area contributed by atoms with Gasteiger partial charge in [0.05, 0.1) is 8.66 Å². The van der Waals surface area contributed by atoms with Crippen LogP contribution in [-0.2, 0) is 6.42 Å². The molecule has 2 heterocycles. The van der Waals surface area contributed by atoms with Gasteiger partial charge >= 0.3 is 0 Å². The van der Waals surface area contributed by atoms with E-state index in [0.717, 1.165) is 21.0 Å². The number of hydrogen-bond donors (Lipinski definition) is 1. The molecule has 0 unspecified atom stereocenters. The van der Waals surface area contributed by atoms with Crippen molar-refractivity contribution < 1.29 is 4.52 Å². The molecule has 2 aromatic rings. The summed E-state index contributed by atoms with van der Waals surface area (Å²) in [7, 11) is 2.04. The van der Waals surface area contributed by atoms with Crippen molar-refractivity contribution in [3.63, 3.8) is 0 Å². The Morgan fingerprint density at radius 3 is 2.80 bits per heavy atom. The van der Waals surface area contributed by atoms with Crippen molar-refractivity contribution in [3.05, 3.63) is 21.8 Å². The Morgan fingerprint density at radius 2 is 2.15 bits per heavy atom. The lowest BCUT2D eigenvalue weighted by atomic mass is 9.79. The Hall–Kier alpha value is -0.720. The van der Waals surface area contributed by atoms with Gasteiger partial charge in [-0.25, -0.2) is 0 Å². The standard InChI is InChI=1S/C14H18BrN3OS/c1-16-14(7-3-2-4-8-14)9-12-17-13(18-19-12)10-5-6-11(15)20-10/h5-6,16H,2-4,7-9H2,1H3. The van der Waals surface area contributed by atoms with Crippen molar-refractivity contribution in [2.75, 3.05) is 7.05 Å². The highest BCUT2D eigenvalue weighted by molar-refractivity contribution is 9.11. The minimum absolute atomic E-state index is 0.137. The van der Waals surface area contributed by atoms with E-state index in [4.69, 9.17) is 4.52 Å². The SMILES string of the molecule is CNC1(Cc2nc(-c3ccc(Br)s3)no2)CCCCC1. The summed E-state index contributed by atoms with van der Waals surface area (Å²) in [5.41, 5.74) is 0.137. The first kappa shape index (κ1) is 14.2. The Labute approximate surface area is 131 Å². The van der Waals surface area contributed by atoms with Crippen LogP contribution >= 0.6 is 27.3 Å². The maximum absolute atomic E-state index is 5.45. The zero-order valence-electron chi connectivity index (χ0n) is 11.5. The van der Waals surface area contributed by atoms with Gasteiger partial charge in [0.1, 0.15) is 0 Å². The first-order valence-electron chi connectivity index (χ1n) is 6.98. The Kier molecular flexibility index (Phi) is 4.23. The molecular formula is C14H18BrN3OS. The van der Waals surface area contributed by atoms with Gasteiger partial charge < -0.3 is 9.84 Å². The first-order valence-corrected chi connectivity index (χ1v) is 8.59. The predicted octanol–water partition coefficient (Wildman–Crippen LogP) is 4.03. The topological polar surface area (TPSA) is 51.0 Å². The molecule has 0 spiro atoms. The molecule has 1 aliphatic carbocycles. The van der Waals surface area contributed by atoms with Gasteiger partial charge in [-0.3, -0.25) is 0 Å². The van der Waals surface area contributed by atoms with Crippen LogP contribution in [0.5, 0.6) is 0 Å². The zero-order chi connectivity index (χ0) is 14.0. The molecule has 20 heavy (non-hydrogen) atoms. The monoisotopic (exact) mass is 355 g/mol. The summed E-state index contributed by atoms with van der Waals surface area (Å²) in [6, 6.07) is 4.02. The summed E-state index contributed by atoms with van der Waals surface area (Å²) in [4.78, 5) is 5.59. The molecule has 6 heteroatoms. The number of likely N-dealkylation sites (N-methyl/N-ethyl adjacent to an activating group) is 1. The van der Waals surface area contributed by atoms with Crippen LogP contribution in [0, 0.1) is 0 Å². The van der Waals surface area contributed by atoms with Crippen LogP contribution in [-0.4, -0.2) is 22.7 Å². The van der Waals surface area contributed by atoms with E-state index in [-0.39, 0.29) is 5.54 Å². The Bertz CT molecular complexity index is 574. The number of thiophene rings is 1. The molecule has 2 aromatic heterocycles. The van der Waals surface area contributed by atoms with Gasteiger partial charge in [0.15, 0.2) is 0 Å². The van der Waals surface area contributed by atoms with E-state index in [1.54, 1.807) is 11.3 Å². The summed E-state index contributed by atoms with van der Waals surface area (Å²) in [5.74, 6) is 1.43. The van der Waals surface area contributed by atoms with Gasteiger partial charge in [0.25, 0.3) is 0 Å². The fraction of sp³-hybridized carbons (Fsp3) is 0.571. The molecular weight excluding hydrogens is 338 g/mol. The molecule has 108 valence electrons. The quantitative estimate of drug-likeness (QED) is 0.899. The number of aromatic nitrogens is 2. The van der Waals surface area contributed by atoms with Crippen LogP contribution in [0.2, 0.25) is 0 Å². The molecule has 0 radical (unpaired) electrons. The van der Waals surface area contributed by atoms with Crippen molar-refractivity contribution in [1.29, 1.82) is 0 Å². The predicted molar refractivity (Wildman–Crippen MR) is 83.9 cm³/mol. The average molecular weight is 356 g/mol. The second-order valence-corrected chi connectivity index (χ2v) is 7.85. The zero-order valence-corrected chi connectivity index (χ0v) is 13.9. The van der Waals surface area contributed by atoms with Crippen LogP contribution in [0.15, 0.2) is 20.4 Å². The smallest absolute Gasteiger partial charge is 0.228 e. The van der Waals surface area contributed by atoms with Crippen molar-refractivity contribution in [2.24, 2.45) is 0 Å². The van der Waals surface area contributed by atoms with Crippen molar-refractivity contribution in [3.8, 4) is 10.7 Å². The highest BCUT2D eigenvalue weighted by atomic mass is 79.9. The van der Waals surface area contributed by atoms with Gasteiger partial charge in [-0.1, -0.05) is 24.4 Å². The third-order valence-corrected chi connectivity index (χ3v) is 5.71. The van der Waals surface area contributed by atoms with Gasteiger partial charge in [-0.15, -0.1) is 11.3 Å². The highest BCUT2D eigenvalue weighted by Crippen LogP contribution is 2.32. The number of nitrogens with one attached hydrogen (secondary N) is 1. The third-order valence-electron chi connectivity index (χ3n) is 4.09. The molecule has 0 amide bonds. The Morgan fingerprint density at radius 1 is 1.35 bits per heavy atom. The van der Waals surface area contributed by atoms with E-state index in [1.165, 1.54) is 32.1 Å². The fourth-order valence-electron chi connectivity index (χ4n) is 2.89. The molecule has 1 aliphatic rings. The molecule has 0 aromatic carbocycles. The van der Waals surface area contributed by atoms with Crippen molar-refractivity contribution in [1.82, 2.24) is 15.5 Å². The molecule has 0 atom stereocenters. The lowest BCUT2D eigenvalue weighted by Crippen LogP contribution is -2.46. The normalized spacial score (nSPS) is 18.3. The minimum Gasteiger partial charge on any atom is -0.339 e. The van der Waals surface area contributed by atoms with Crippen LogP contribution in [0.3, 0.4) is 0 Å². The van der Waals surface area contributed by atoms with Gasteiger partial charge in [-0.2, -0.15) is 4.98 Å². The van der Waals surface area contributed by atoms with Crippen molar-refractivity contribution >= 4 is 27.3 Å². The molecule has 3 rings (SSSR count). The molecule has 0 bridgehead atoms. The largest absolute Gasteiger partial charge is 0.339 e. The lowest BCUT2D eigenvalue weighted by Gasteiger charge is -2.36. The summed E-state index contributed by atoms with van der Waals surface area (Å²) >= 11 is 5.08. The molecule has 1 saturated carbocycles. The van der Waals surface area contributed by atoms with Crippen LogP contribution in [0.1, 0.15) is 38.0 Å². The first-order chi connectivity index (χ1) is 9.71. The molecule has 0 saturated heterocycles. The second kappa shape index (κ2) is 5.95. The minimum atomic E-state index is 0.137. The molecule has 0 aliphatic heterocycles. The lowest BCUT2D eigenvalue weighted by molar-refractivity contribution is 0.221. The summed E-state index contributed by atoms with van der Waals surface area (Å²) in [6.45, 7) is 0. The average Bonchev–Trinajstić information content (AvgIpc) is 3.09. The highest BCUT2D eigenvalue weighted by Gasteiger charge is 2.32. The summed E-state index contributed by atoms with van der Waals surface area (Å²) in [5, 5.41) is 7.59. The van der Waals surface area contributed by atoms with Crippen LogP contribution < -0.4 is 5.32 Å². The number of nitrogens with zero attached hydrogens (tertiary/aromatic N) is 2. The van der Waals surface area contributed by atoms with Gasteiger partial charge in [-0.05, 0) is 48.0 Å². The fourth-order valence-corrected chi connectivity index (χ4v) is 4.21. The van der Waals surface area contributed by atoms with E-state index in [2.05, 4.69) is 31.4 Å². The molecule has 1 fully saturated rings. The number of halogens is 1. The van der Waals surface area contributed by atoms with Crippen LogP contribution in [0.25, 0.3) is 10.7 Å².